The third-order valence-electron chi connectivity index (χ3n) is 4.10. The highest BCUT2D eigenvalue weighted by Crippen LogP contribution is 2.35. The Labute approximate surface area is 154 Å². The summed E-state index contributed by atoms with van der Waals surface area (Å²) in [5.41, 5.74) is 1.83. The Morgan fingerprint density at radius 1 is 0.852 bits per heavy atom. The van der Waals surface area contributed by atoms with Gasteiger partial charge in [-0.3, -0.25) is 0 Å². The van der Waals surface area contributed by atoms with Gasteiger partial charge in [-0.1, -0.05) is 6.07 Å². The summed E-state index contributed by atoms with van der Waals surface area (Å²) in [7, 11) is 0. The molecule has 2 N–H and O–H groups in total. The third kappa shape index (κ3) is 3.22. The zero-order chi connectivity index (χ0) is 18.1. The van der Waals surface area contributed by atoms with Crippen LogP contribution in [0.25, 0.3) is 0 Å². The Balaban J connectivity index is 1.26. The predicted octanol–water partition coefficient (Wildman–Crippen LogP) is 2.68. The first kappa shape index (κ1) is 15.5. The Hall–Kier alpha value is -3.75. The molecular formula is C18H15N5O4. The molecule has 1 aromatic heterocycles. The van der Waals surface area contributed by atoms with Gasteiger partial charge in [-0.05, 0) is 29.8 Å². The number of ether oxygens (including phenoxy) is 4. The first-order valence-electron chi connectivity index (χ1n) is 8.32. The highest BCUT2D eigenvalue weighted by Gasteiger charge is 2.14. The third-order valence-corrected chi connectivity index (χ3v) is 4.10. The van der Waals surface area contributed by atoms with E-state index in [-0.39, 0.29) is 13.6 Å². The lowest BCUT2D eigenvalue weighted by Crippen LogP contribution is -2.05. The van der Waals surface area contributed by atoms with Crippen molar-refractivity contribution in [1.29, 1.82) is 0 Å². The van der Waals surface area contributed by atoms with Crippen LogP contribution in [-0.4, -0.2) is 28.8 Å². The Morgan fingerprint density at radius 3 is 2.44 bits per heavy atom. The SMILES string of the molecule is c1cc2c(cc1CNc1cnnc(Nc3ccc4c(c3)OCO4)n1)OCO2. The molecule has 2 aromatic carbocycles. The molecule has 0 radical (unpaired) electrons. The molecule has 0 amide bonds. The molecule has 0 bridgehead atoms. The highest BCUT2D eigenvalue weighted by molar-refractivity contribution is 5.60. The van der Waals surface area contributed by atoms with Gasteiger partial charge in [0.1, 0.15) is 0 Å². The van der Waals surface area contributed by atoms with E-state index in [2.05, 4.69) is 25.8 Å². The van der Waals surface area contributed by atoms with E-state index in [1.54, 1.807) is 6.20 Å². The maximum Gasteiger partial charge on any atom is 0.249 e. The van der Waals surface area contributed by atoms with Crippen molar-refractivity contribution in [3.63, 3.8) is 0 Å². The number of hydrogen-bond acceptors (Lipinski definition) is 9. The average molecular weight is 365 g/mol. The largest absolute Gasteiger partial charge is 0.454 e. The van der Waals surface area contributed by atoms with Crippen molar-refractivity contribution in [2.75, 3.05) is 24.2 Å². The molecule has 3 heterocycles. The lowest BCUT2D eigenvalue weighted by atomic mass is 10.2. The zero-order valence-electron chi connectivity index (χ0n) is 14.1. The van der Waals surface area contributed by atoms with E-state index in [1.807, 2.05) is 36.4 Å². The summed E-state index contributed by atoms with van der Waals surface area (Å²) in [5.74, 6) is 3.90. The minimum absolute atomic E-state index is 0.232. The van der Waals surface area contributed by atoms with Crippen molar-refractivity contribution in [2.24, 2.45) is 0 Å². The fourth-order valence-corrected chi connectivity index (χ4v) is 2.79. The van der Waals surface area contributed by atoms with Crippen molar-refractivity contribution in [2.45, 2.75) is 6.54 Å². The highest BCUT2D eigenvalue weighted by atomic mass is 16.7. The van der Waals surface area contributed by atoms with E-state index in [4.69, 9.17) is 18.9 Å². The summed E-state index contributed by atoms with van der Waals surface area (Å²) >= 11 is 0. The van der Waals surface area contributed by atoms with Crippen LogP contribution in [0.3, 0.4) is 0 Å². The van der Waals surface area contributed by atoms with Crippen LogP contribution in [0.5, 0.6) is 23.0 Å². The fraction of sp³-hybridized carbons (Fsp3) is 0.167. The predicted molar refractivity (Wildman–Crippen MR) is 95.6 cm³/mol. The molecule has 0 saturated carbocycles. The van der Waals surface area contributed by atoms with E-state index in [9.17, 15) is 0 Å². The Morgan fingerprint density at radius 2 is 1.59 bits per heavy atom. The van der Waals surface area contributed by atoms with E-state index in [0.29, 0.717) is 24.1 Å². The summed E-state index contributed by atoms with van der Waals surface area (Å²) < 4.78 is 21.4. The number of rotatable bonds is 5. The van der Waals surface area contributed by atoms with Crippen molar-refractivity contribution in [3.8, 4) is 23.0 Å². The second-order valence-electron chi connectivity index (χ2n) is 5.90. The summed E-state index contributed by atoms with van der Waals surface area (Å²) in [4.78, 5) is 4.43. The van der Waals surface area contributed by atoms with Gasteiger partial charge in [0, 0.05) is 18.3 Å². The quantitative estimate of drug-likeness (QED) is 0.707. The van der Waals surface area contributed by atoms with Gasteiger partial charge in [0.2, 0.25) is 19.5 Å². The number of nitrogens with zero attached hydrogens (tertiary/aromatic N) is 3. The molecule has 0 fully saturated rings. The van der Waals surface area contributed by atoms with Crippen molar-refractivity contribution >= 4 is 17.5 Å². The summed E-state index contributed by atoms with van der Waals surface area (Å²) in [6, 6.07) is 11.3. The zero-order valence-corrected chi connectivity index (χ0v) is 14.1. The molecule has 2 aliphatic heterocycles. The fourth-order valence-electron chi connectivity index (χ4n) is 2.79. The van der Waals surface area contributed by atoms with Gasteiger partial charge >= 0.3 is 0 Å². The maximum absolute atomic E-state index is 5.39. The number of anilines is 3. The molecule has 0 spiro atoms. The van der Waals surface area contributed by atoms with Gasteiger partial charge in [-0.15, -0.1) is 5.10 Å². The number of benzene rings is 2. The van der Waals surface area contributed by atoms with Crippen LogP contribution in [0.15, 0.2) is 42.6 Å². The molecule has 2 aliphatic rings. The molecule has 0 aliphatic carbocycles. The second kappa shape index (κ2) is 6.52. The summed E-state index contributed by atoms with van der Waals surface area (Å²) in [6.45, 7) is 1.06. The number of fused-ring (bicyclic) bond motifs is 2. The lowest BCUT2D eigenvalue weighted by molar-refractivity contribution is 0.173. The first-order chi connectivity index (χ1) is 13.3. The molecule has 3 aromatic rings. The first-order valence-corrected chi connectivity index (χ1v) is 8.32. The van der Waals surface area contributed by atoms with Gasteiger partial charge in [0.05, 0.1) is 6.20 Å². The molecule has 9 heteroatoms. The van der Waals surface area contributed by atoms with Crippen molar-refractivity contribution in [1.82, 2.24) is 15.2 Å². The smallest absolute Gasteiger partial charge is 0.249 e. The Bertz CT molecular complexity index is 997. The van der Waals surface area contributed by atoms with Crippen LogP contribution in [0.1, 0.15) is 5.56 Å². The second-order valence-corrected chi connectivity index (χ2v) is 5.90. The van der Waals surface area contributed by atoms with E-state index >= 15 is 0 Å². The van der Waals surface area contributed by atoms with Crippen molar-refractivity contribution in [3.05, 3.63) is 48.2 Å². The average Bonchev–Trinajstić information content (AvgIpc) is 3.35. The molecule has 0 saturated heterocycles. The number of hydrogen-bond donors (Lipinski definition) is 2. The number of aromatic nitrogens is 3. The van der Waals surface area contributed by atoms with Crippen LogP contribution in [0.2, 0.25) is 0 Å². The molecule has 0 atom stereocenters. The minimum Gasteiger partial charge on any atom is -0.454 e. The Kier molecular flexibility index (Phi) is 3.74. The van der Waals surface area contributed by atoms with E-state index in [1.165, 1.54) is 0 Å². The molecule has 27 heavy (non-hydrogen) atoms. The van der Waals surface area contributed by atoms with Gasteiger partial charge in [-0.25, -0.2) is 0 Å². The van der Waals surface area contributed by atoms with Crippen LogP contribution in [0, 0.1) is 0 Å². The van der Waals surface area contributed by atoms with E-state index < -0.39 is 0 Å². The minimum atomic E-state index is 0.232. The molecule has 136 valence electrons. The molecular weight excluding hydrogens is 350 g/mol. The topological polar surface area (TPSA) is 99.7 Å². The van der Waals surface area contributed by atoms with Gasteiger partial charge in [0.25, 0.3) is 0 Å². The van der Waals surface area contributed by atoms with Crippen LogP contribution < -0.4 is 29.6 Å². The van der Waals surface area contributed by atoms with Crippen LogP contribution in [0.4, 0.5) is 17.5 Å². The standard InChI is InChI=1S/C18H15N5O4/c1-3-13-15(26-9-24-13)5-11(1)7-19-17-8-20-23-18(22-17)21-12-2-4-14-16(6-12)27-10-25-14/h1-6,8H,7,9-10H2,(H2,19,21,22,23). The maximum atomic E-state index is 5.39. The van der Waals surface area contributed by atoms with Gasteiger partial charge in [-0.2, -0.15) is 10.1 Å². The summed E-state index contributed by atoms with van der Waals surface area (Å²) in [5, 5.41) is 14.3. The van der Waals surface area contributed by atoms with Crippen molar-refractivity contribution < 1.29 is 18.9 Å². The molecule has 9 nitrogen and oxygen atoms in total. The molecule has 5 rings (SSSR count). The van der Waals surface area contributed by atoms with E-state index in [0.717, 1.165) is 28.5 Å². The van der Waals surface area contributed by atoms with Gasteiger partial charge in [0.15, 0.2) is 28.8 Å². The lowest BCUT2D eigenvalue weighted by Gasteiger charge is -2.08. The van der Waals surface area contributed by atoms with Gasteiger partial charge < -0.3 is 29.6 Å². The normalized spacial score (nSPS) is 13.5. The monoisotopic (exact) mass is 365 g/mol. The number of nitrogens with one attached hydrogen (secondary N) is 2. The summed E-state index contributed by atoms with van der Waals surface area (Å²) in [6.07, 6.45) is 1.57. The molecule has 0 unspecified atom stereocenters. The van der Waals surface area contributed by atoms with Crippen LogP contribution in [-0.2, 0) is 6.54 Å². The van der Waals surface area contributed by atoms with Crippen LogP contribution >= 0.6 is 0 Å².